The molecule has 0 spiro atoms. The average Bonchev–Trinajstić information content (AvgIpc) is 2.29. The average molecular weight is 219 g/mol. The largest absolute Gasteiger partial charge is 0.368 e. The third-order valence-electron chi connectivity index (χ3n) is 2.06. The topological polar surface area (TPSA) is 37.8 Å². The van der Waals surface area contributed by atoms with Gasteiger partial charge in [-0.1, -0.05) is 12.1 Å². The Bertz CT molecular complexity index is 445. The Morgan fingerprint density at radius 1 is 1.27 bits per heavy atom. The van der Waals surface area contributed by atoms with E-state index in [1.807, 2.05) is 36.0 Å². The number of fused-ring (bicyclic) bond motifs is 1. The molecule has 1 aromatic heterocycles. The number of nitrogens with zero attached hydrogens (tertiary/aromatic N) is 2. The Hall–Kier alpha value is -1.29. The molecule has 2 aromatic rings. The van der Waals surface area contributed by atoms with Crippen molar-refractivity contribution in [1.82, 2.24) is 9.97 Å². The highest BCUT2D eigenvalue weighted by molar-refractivity contribution is 7.98. The van der Waals surface area contributed by atoms with E-state index in [1.165, 1.54) is 0 Å². The van der Waals surface area contributed by atoms with Gasteiger partial charge in [0.15, 0.2) is 0 Å². The maximum Gasteiger partial charge on any atom is 0.145 e. The molecule has 15 heavy (non-hydrogen) atoms. The summed E-state index contributed by atoms with van der Waals surface area (Å²) < 4.78 is 0. The standard InChI is InChI=1S/C11H13N3S/c1-15-7-6-12-11-8-13-9-4-2-3-5-10(9)14-11/h2-5,8H,6-7H2,1H3,(H,12,14). The van der Waals surface area contributed by atoms with Gasteiger partial charge in [0, 0.05) is 12.3 Å². The first kappa shape index (κ1) is 10.2. The van der Waals surface area contributed by atoms with Crippen molar-refractivity contribution in [2.75, 3.05) is 23.9 Å². The molecule has 1 heterocycles. The lowest BCUT2D eigenvalue weighted by molar-refractivity contribution is 1.16. The summed E-state index contributed by atoms with van der Waals surface area (Å²) in [6.45, 7) is 0.925. The van der Waals surface area contributed by atoms with Gasteiger partial charge in [-0.15, -0.1) is 0 Å². The molecule has 0 fully saturated rings. The molecule has 2 rings (SSSR count). The van der Waals surface area contributed by atoms with Crippen LogP contribution in [-0.2, 0) is 0 Å². The molecular formula is C11H13N3S. The highest BCUT2D eigenvalue weighted by Crippen LogP contribution is 2.10. The Morgan fingerprint density at radius 2 is 2.07 bits per heavy atom. The van der Waals surface area contributed by atoms with Crippen LogP contribution >= 0.6 is 11.8 Å². The minimum Gasteiger partial charge on any atom is -0.368 e. The van der Waals surface area contributed by atoms with Crippen LogP contribution in [0.4, 0.5) is 5.82 Å². The molecule has 3 nitrogen and oxygen atoms in total. The van der Waals surface area contributed by atoms with Crippen LogP contribution in [0.25, 0.3) is 11.0 Å². The molecule has 0 aliphatic carbocycles. The second kappa shape index (κ2) is 4.98. The number of hydrogen-bond acceptors (Lipinski definition) is 4. The quantitative estimate of drug-likeness (QED) is 0.801. The van der Waals surface area contributed by atoms with Gasteiger partial charge in [-0.25, -0.2) is 4.98 Å². The molecule has 78 valence electrons. The summed E-state index contributed by atoms with van der Waals surface area (Å²) in [5, 5.41) is 3.24. The summed E-state index contributed by atoms with van der Waals surface area (Å²) in [6.07, 6.45) is 3.87. The van der Waals surface area contributed by atoms with Crippen molar-refractivity contribution >= 4 is 28.6 Å². The van der Waals surface area contributed by atoms with Gasteiger partial charge in [0.25, 0.3) is 0 Å². The van der Waals surface area contributed by atoms with E-state index in [0.717, 1.165) is 29.1 Å². The van der Waals surface area contributed by atoms with Crippen molar-refractivity contribution in [2.24, 2.45) is 0 Å². The number of aromatic nitrogens is 2. The molecule has 4 heteroatoms. The molecular weight excluding hydrogens is 206 g/mol. The van der Waals surface area contributed by atoms with Gasteiger partial charge in [-0.3, -0.25) is 4.98 Å². The van der Waals surface area contributed by atoms with E-state index in [2.05, 4.69) is 21.5 Å². The number of rotatable bonds is 4. The number of nitrogens with one attached hydrogen (secondary N) is 1. The van der Waals surface area contributed by atoms with Crippen molar-refractivity contribution in [3.63, 3.8) is 0 Å². The van der Waals surface area contributed by atoms with E-state index < -0.39 is 0 Å². The lowest BCUT2D eigenvalue weighted by Gasteiger charge is -2.04. The third kappa shape index (κ3) is 2.59. The molecule has 0 bridgehead atoms. The predicted octanol–water partition coefficient (Wildman–Crippen LogP) is 2.40. The number of hydrogen-bond donors (Lipinski definition) is 1. The van der Waals surface area contributed by atoms with E-state index in [1.54, 1.807) is 6.20 Å². The first-order chi connectivity index (χ1) is 7.40. The molecule has 1 aromatic carbocycles. The second-order valence-electron chi connectivity index (χ2n) is 3.16. The maximum atomic E-state index is 4.46. The zero-order valence-electron chi connectivity index (χ0n) is 8.60. The summed E-state index contributed by atoms with van der Waals surface area (Å²) in [5.41, 5.74) is 1.87. The summed E-state index contributed by atoms with van der Waals surface area (Å²) in [4.78, 5) is 8.79. The van der Waals surface area contributed by atoms with Gasteiger partial charge < -0.3 is 5.32 Å². The number of thioether (sulfide) groups is 1. The Balaban J connectivity index is 2.16. The summed E-state index contributed by atoms with van der Waals surface area (Å²) in [6, 6.07) is 7.89. The summed E-state index contributed by atoms with van der Waals surface area (Å²) >= 11 is 1.81. The third-order valence-corrected chi connectivity index (χ3v) is 2.67. The van der Waals surface area contributed by atoms with Gasteiger partial charge in [-0.2, -0.15) is 11.8 Å². The van der Waals surface area contributed by atoms with Crippen molar-refractivity contribution in [3.05, 3.63) is 30.5 Å². The lowest BCUT2D eigenvalue weighted by atomic mass is 10.3. The fraction of sp³-hybridized carbons (Fsp3) is 0.273. The predicted molar refractivity (Wildman–Crippen MR) is 66.4 cm³/mol. The molecule has 0 atom stereocenters. The first-order valence-electron chi connectivity index (χ1n) is 4.85. The SMILES string of the molecule is CSCCNc1cnc2ccccc2n1. The molecule has 0 saturated carbocycles. The normalized spacial score (nSPS) is 10.5. The van der Waals surface area contributed by atoms with Gasteiger partial charge in [0.05, 0.1) is 17.2 Å². The molecule has 0 unspecified atom stereocenters. The van der Waals surface area contributed by atoms with Crippen LogP contribution in [0.2, 0.25) is 0 Å². The number of anilines is 1. The van der Waals surface area contributed by atoms with Crippen molar-refractivity contribution in [1.29, 1.82) is 0 Å². The minimum absolute atomic E-state index is 0.850. The Kier molecular flexibility index (Phi) is 3.40. The number of para-hydroxylation sites is 2. The molecule has 0 aliphatic rings. The van der Waals surface area contributed by atoms with Gasteiger partial charge in [0.2, 0.25) is 0 Å². The van der Waals surface area contributed by atoms with Gasteiger partial charge in [-0.05, 0) is 18.4 Å². The highest BCUT2D eigenvalue weighted by atomic mass is 32.2. The van der Waals surface area contributed by atoms with Gasteiger partial charge in [0.1, 0.15) is 5.82 Å². The monoisotopic (exact) mass is 219 g/mol. The Labute approximate surface area is 93.3 Å². The molecule has 0 radical (unpaired) electrons. The smallest absolute Gasteiger partial charge is 0.145 e. The highest BCUT2D eigenvalue weighted by Gasteiger charge is 1.97. The van der Waals surface area contributed by atoms with E-state index in [4.69, 9.17) is 0 Å². The zero-order valence-corrected chi connectivity index (χ0v) is 9.42. The van der Waals surface area contributed by atoms with Crippen LogP contribution in [0.15, 0.2) is 30.5 Å². The van der Waals surface area contributed by atoms with Crippen LogP contribution in [0.3, 0.4) is 0 Å². The summed E-state index contributed by atoms with van der Waals surface area (Å²) in [5.74, 6) is 1.93. The van der Waals surface area contributed by atoms with Crippen LogP contribution in [0, 0.1) is 0 Å². The van der Waals surface area contributed by atoms with Crippen molar-refractivity contribution in [3.8, 4) is 0 Å². The van der Waals surface area contributed by atoms with Crippen LogP contribution < -0.4 is 5.32 Å². The van der Waals surface area contributed by atoms with E-state index in [0.29, 0.717) is 0 Å². The molecule has 0 aliphatic heterocycles. The van der Waals surface area contributed by atoms with Crippen LogP contribution in [-0.4, -0.2) is 28.5 Å². The minimum atomic E-state index is 0.850. The second-order valence-corrected chi connectivity index (χ2v) is 4.15. The molecule has 0 amide bonds. The first-order valence-corrected chi connectivity index (χ1v) is 6.24. The zero-order chi connectivity index (χ0) is 10.5. The fourth-order valence-electron chi connectivity index (χ4n) is 1.32. The van der Waals surface area contributed by atoms with E-state index in [-0.39, 0.29) is 0 Å². The number of benzene rings is 1. The fourth-order valence-corrected chi connectivity index (χ4v) is 1.63. The van der Waals surface area contributed by atoms with Crippen molar-refractivity contribution in [2.45, 2.75) is 0 Å². The Morgan fingerprint density at radius 3 is 2.87 bits per heavy atom. The van der Waals surface area contributed by atoms with E-state index in [9.17, 15) is 0 Å². The lowest BCUT2D eigenvalue weighted by Crippen LogP contribution is -2.05. The maximum absolute atomic E-state index is 4.46. The molecule has 0 saturated heterocycles. The molecule has 1 N–H and O–H groups in total. The van der Waals surface area contributed by atoms with Crippen LogP contribution in [0.5, 0.6) is 0 Å². The summed E-state index contributed by atoms with van der Waals surface area (Å²) in [7, 11) is 0. The van der Waals surface area contributed by atoms with Gasteiger partial charge >= 0.3 is 0 Å². The van der Waals surface area contributed by atoms with E-state index >= 15 is 0 Å². The van der Waals surface area contributed by atoms with Crippen LogP contribution in [0.1, 0.15) is 0 Å². The van der Waals surface area contributed by atoms with Crippen molar-refractivity contribution < 1.29 is 0 Å².